The van der Waals surface area contributed by atoms with Gasteiger partial charge in [0.2, 0.25) is 0 Å². The first-order valence-electron chi connectivity index (χ1n) is 5.69. The molecule has 1 unspecified atom stereocenters. The van der Waals surface area contributed by atoms with Crippen LogP contribution in [0.25, 0.3) is 0 Å². The van der Waals surface area contributed by atoms with E-state index in [-0.39, 0.29) is 0 Å². The number of halogens is 1. The third-order valence-electron chi connectivity index (χ3n) is 2.90. The number of aliphatic hydroxyl groups is 2. The summed E-state index contributed by atoms with van der Waals surface area (Å²) in [6.45, 7) is 0.999. The predicted octanol–water partition coefficient (Wildman–Crippen LogP) is -1.82. The van der Waals surface area contributed by atoms with Crippen molar-refractivity contribution in [2.45, 2.75) is 30.2 Å². The highest BCUT2D eigenvalue weighted by atomic mass is 35.5. The molecular weight excluding hydrogens is 290 g/mol. The molecular formula is C11H12ClN3O5. The molecule has 3 N–H and O–H groups in total. The van der Waals surface area contributed by atoms with Gasteiger partial charge >= 0.3 is 5.69 Å². The first kappa shape index (κ1) is 14.7. The molecule has 0 bridgehead atoms. The van der Waals surface area contributed by atoms with Gasteiger partial charge in [-0.15, -0.1) is 5.92 Å². The number of aromatic nitrogens is 3. The van der Waals surface area contributed by atoms with Gasteiger partial charge in [-0.05, 0) is 6.92 Å². The van der Waals surface area contributed by atoms with E-state index in [1.165, 1.54) is 6.92 Å². The molecule has 2 heterocycles. The van der Waals surface area contributed by atoms with Crippen LogP contribution in [0, 0.1) is 11.8 Å². The van der Waals surface area contributed by atoms with Crippen molar-refractivity contribution < 1.29 is 14.9 Å². The summed E-state index contributed by atoms with van der Waals surface area (Å²) in [5, 5.41) is 22.9. The van der Waals surface area contributed by atoms with Gasteiger partial charge in [0, 0.05) is 0 Å². The molecule has 1 aromatic rings. The molecule has 9 heteroatoms. The van der Waals surface area contributed by atoms with E-state index in [2.05, 4.69) is 16.9 Å². The summed E-state index contributed by atoms with van der Waals surface area (Å²) in [4.78, 5) is 23.1. The minimum Gasteiger partial charge on any atom is -0.394 e. The molecule has 0 aromatic carbocycles. The van der Waals surface area contributed by atoms with Crippen molar-refractivity contribution in [1.29, 1.82) is 0 Å². The van der Waals surface area contributed by atoms with Gasteiger partial charge in [0.1, 0.15) is 18.4 Å². The third kappa shape index (κ3) is 2.25. The monoisotopic (exact) mass is 301 g/mol. The van der Waals surface area contributed by atoms with Gasteiger partial charge in [-0.3, -0.25) is 9.78 Å². The van der Waals surface area contributed by atoms with Crippen LogP contribution in [-0.2, 0) is 4.74 Å². The van der Waals surface area contributed by atoms with Gasteiger partial charge < -0.3 is 14.9 Å². The van der Waals surface area contributed by atoms with Crippen LogP contribution in [0.15, 0.2) is 15.8 Å². The molecule has 2 rings (SSSR count). The van der Waals surface area contributed by atoms with Gasteiger partial charge in [-0.1, -0.05) is 17.5 Å². The van der Waals surface area contributed by atoms with Gasteiger partial charge in [0.05, 0.1) is 6.61 Å². The molecule has 0 radical (unpaired) electrons. The first-order chi connectivity index (χ1) is 9.43. The van der Waals surface area contributed by atoms with Crippen molar-refractivity contribution >= 4 is 11.6 Å². The van der Waals surface area contributed by atoms with Crippen molar-refractivity contribution in [3.05, 3.63) is 27.0 Å². The smallest absolute Gasteiger partial charge is 0.347 e. The third-order valence-corrected chi connectivity index (χ3v) is 3.41. The topological polar surface area (TPSA) is 117 Å². The number of H-pyrrole nitrogens is 1. The zero-order valence-electron chi connectivity index (χ0n) is 10.4. The Hall–Kier alpha value is -1.66. The second-order valence-electron chi connectivity index (χ2n) is 4.18. The van der Waals surface area contributed by atoms with E-state index in [0.29, 0.717) is 0 Å². The minimum absolute atomic E-state index is 0.504. The van der Waals surface area contributed by atoms with Crippen LogP contribution in [0.1, 0.15) is 13.2 Å². The Morgan fingerprint density at radius 1 is 1.65 bits per heavy atom. The van der Waals surface area contributed by atoms with Gasteiger partial charge in [-0.25, -0.2) is 4.79 Å². The number of nitrogens with zero attached hydrogens (tertiary/aromatic N) is 2. The highest BCUT2D eigenvalue weighted by molar-refractivity contribution is 6.27. The molecule has 1 aliphatic heterocycles. The highest BCUT2D eigenvalue weighted by Crippen LogP contribution is 2.42. The van der Waals surface area contributed by atoms with E-state index < -0.39 is 41.2 Å². The second-order valence-corrected chi connectivity index (χ2v) is 4.81. The second kappa shape index (κ2) is 5.38. The summed E-state index contributed by atoms with van der Waals surface area (Å²) < 4.78 is 6.12. The van der Waals surface area contributed by atoms with Crippen molar-refractivity contribution in [1.82, 2.24) is 14.8 Å². The molecule has 1 saturated heterocycles. The molecule has 1 fully saturated rings. The van der Waals surface area contributed by atoms with Crippen LogP contribution >= 0.6 is 11.6 Å². The summed E-state index contributed by atoms with van der Waals surface area (Å²) in [6, 6.07) is 0. The first-order valence-corrected chi connectivity index (χ1v) is 6.07. The highest BCUT2D eigenvalue weighted by Gasteiger charge is 2.56. The van der Waals surface area contributed by atoms with E-state index in [4.69, 9.17) is 21.4 Å². The van der Waals surface area contributed by atoms with Crippen molar-refractivity contribution in [2.75, 3.05) is 6.61 Å². The normalized spacial score (nSPS) is 32.7. The van der Waals surface area contributed by atoms with Crippen molar-refractivity contribution in [3.63, 3.8) is 0 Å². The van der Waals surface area contributed by atoms with E-state index in [9.17, 15) is 14.7 Å². The molecule has 0 spiro atoms. The number of hydrogen-bond acceptors (Lipinski definition) is 6. The van der Waals surface area contributed by atoms with E-state index in [1.807, 2.05) is 4.98 Å². The fraction of sp³-hybridized carbons (Fsp3) is 0.545. The molecule has 20 heavy (non-hydrogen) atoms. The van der Waals surface area contributed by atoms with Gasteiger partial charge in [0.15, 0.2) is 11.1 Å². The SMILES string of the molecule is CC#C[C@@]1(Cl)C(O)[C@@H](CO)O[C@H]1n1ncc(=O)[nH]c1=O. The maximum Gasteiger partial charge on any atom is 0.347 e. The van der Waals surface area contributed by atoms with Crippen molar-refractivity contribution in [3.8, 4) is 11.8 Å². The van der Waals surface area contributed by atoms with Crippen LogP contribution in [-0.4, -0.2) is 48.7 Å². The van der Waals surface area contributed by atoms with Crippen LogP contribution in [0.5, 0.6) is 0 Å². The zero-order valence-corrected chi connectivity index (χ0v) is 11.2. The molecule has 1 aromatic heterocycles. The zero-order chi connectivity index (χ0) is 14.9. The number of rotatable bonds is 2. The summed E-state index contributed by atoms with van der Waals surface area (Å²) in [5.41, 5.74) is -1.53. The maximum atomic E-state index is 11.7. The Morgan fingerprint density at radius 3 is 2.90 bits per heavy atom. The lowest BCUT2D eigenvalue weighted by molar-refractivity contribution is -0.0514. The number of aliphatic hydroxyl groups excluding tert-OH is 2. The van der Waals surface area contributed by atoms with Gasteiger partial charge in [0.25, 0.3) is 5.56 Å². The maximum absolute atomic E-state index is 11.7. The number of ether oxygens (including phenoxy) is 1. The summed E-state index contributed by atoms with van der Waals surface area (Å²) in [7, 11) is 0. The van der Waals surface area contributed by atoms with Crippen LogP contribution in [0.4, 0.5) is 0 Å². The summed E-state index contributed by atoms with van der Waals surface area (Å²) >= 11 is 6.26. The van der Waals surface area contributed by atoms with Crippen LogP contribution in [0.3, 0.4) is 0 Å². The van der Waals surface area contributed by atoms with Crippen LogP contribution < -0.4 is 11.2 Å². The summed E-state index contributed by atoms with van der Waals surface area (Å²) in [5.74, 6) is 5.10. The van der Waals surface area contributed by atoms with Crippen LogP contribution in [0.2, 0.25) is 0 Å². The number of hydrogen-bond donors (Lipinski definition) is 3. The number of nitrogens with one attached hydrogen (secondary N) is 1. The van der Waals surface area contributed by atoms with E-state index in [0.717, 1.165) is 10.9 Å². The molecule has 0 aliphatic carbocycles. The van der Waals surface area contributed by atoms with E-state index >= 15 is 0 Å². The minimum atomic E-state index is -1.66. The standard InChI is InChI=1S/C11H12ClN3O5/c1-2-3-11(12)8(18)6(5-16)20-9(11)15-10(19)14-7(17)4-13-15/h4,6,8-9,16,18H,5H2,1H3,(H,14,17,19)/t6-,8?,9-,11-/m1/s1. The molecule has 0 saturated carbocycles. The molecule has 0 amide bonds. The average Bonchev–Trinajstić information content (AvgIpc) is 2.63. The Labute approximate surface area is 118 Å². The van der Waals surface area contributed by atoms with E-state index in [1.54, 1.807) is 0 Å². The number of alkyl halides is 1. The summed E-state index contributed by atoms with van der Waals surface area (Å²) in [6.07, 6.45) is -2.71. The fourth-order valence-corrected chi connectivity index (χ4v) is 2.37. The Balaban J connectivity index is 2.55. The predicted molar refractivity (Wildman–Crippen MR) is 68.2 cm³/mol. The Morgan fingerprint density at radius 2 is 2.35 bits per heavy atom. The lowest BCUT2D eigenvalue weighted by Crippen LogP contribution is -2.45. The Kier molecular flexibility index (Phi) is 3.96. The van der Waals surface area contributed by atoms with Crippen molar-refractivity contribution in [2.24, 2.45) is 0 Å². The Bertz CT molecular complexity index is 675. The molecule has 108 valence electrons. The largest absolute Gasteiger partial charge is 0.394 e. The quantitative estimate of drug-likeness (QED) is 0.437. The lowest BCUT2D eigenvalue weighted by atomic mass is 9.99. The lowest BCUT2D eigenvalue weighted by Gasteiger charge is -2.24. The number of aromatic amines is 1. The molecule has 8 nitrogen and oxygen atoms in total. The molecule has 4 atom stereocenters. The average molecular weight is 302 g/mol. The molecule has 1 aliphatic rings. The van der Waals surface area contributed by atoms with Gasteiger partial charge in [-0.2, -0.15) is 9.78 Å². The fourth-order valence-electron chi connectivity index (χ4n) is 1.99.